The molecule has 0 aliphatic heterocycles. The number of thiazole rings is 1. The van der Waals surface area contributed by atoms with E-state index in [4.69, 9.17) is 4.84 Å². The summed E-state index contributed by atoms with van der Waals surface area (Å²) < 4.78 is 2.69. The van der Waals surface area contributed by atoms with Gasteiger partial charge in [0, 0.05) is 23.2 Å². The van der Waals surface area contributed by atoms with Gasteiger partial charge in [0.15, 0.2) is 16.3 Å². The molecule has 3 heterocycles. The largest absolute Gasteiger partial charge is 0.275 e. The smallest absolute Gasteiger partial charge is 0.249 e. The quantitative estimate of drug-likeness (QED) is 0.634. The number of aromatic nitrogens is 4. The molecule has 0 fully saturated rings. The van der Waals surface area contributed by atoms with Gasteiger partial charge in [0.25, 0.3) is 0 Å². The average molecular weight is 245 g/mol. The van der Waals surface area contributed by atoms with Crippen LogP contribution in [0.25, 0.3) is 21.0 Å². The van der Waals surface area contributed by atoms with Gasteiger partial charge in [-0.3, -0.25) is 4.84 Å². The Morgan fingerprint density at radius 3 is 2.88 bits per heavy atom. The van der Waals surface area contributed by atoms with E-state index in [2.05, 4.69) is 15.0 Å². The van der Waals surface area contributed by atoms with Gasteiger partial charge in [0.2, 0.25) is 12.4 Å². The van der Waals surface area contributed by atoms with Crippen LogP contribution in [-0.2, 0) is 0 Å². The van der Waals surface area contributed by atoms with Crippen LogP contribution in [0.4, 0.5) is 0 Å². The normalized spacial score (nSPS) is 10.6. The zero-order valence-corrected chi connectivity index (χ0v) is 9.89. The molecule has 5 nitrogen and oxygen atoms in total. The molecule has 17 heavy (non-hydrogen) atoms. The van der Waals surface area contributed by atoms with E-state index in [0.29, 0.717) is 5.82 Å². The third-order valence-corrected chi connectivity index (χ3v) is 3.30. The third kappa shape index (κ3) is 1.83. The lowest BCUT2D eigenvalue weighted by Crippen LogP contribution is -2.39. The molecular formula is C11H9N4OS+. The molecule has 0 N–H and O–H groups in total. The zero-order valence-electron chi connectivity index (χ0n) is 9.07. The highest BCUT2D eigenvalue weighted by Gasteiger charge is 2.11. The van der Waals surface area contributed by atoms with Crippen LogP contribution in [0.5, 0.6) is 0 Å². The van der Waals surface area contributed by atoms with Gasteiger partial charge in [0.1, 0.15) is 7.11 Å². The lowest BCUT2D eigenvalue weighted by atomic mass is 10.4. The van der Waals surface area contributed by atoms with Crippen LogP contribution in [0.1, 0.15) is 0 Å². The van der Waals surface area contributed by atoms with Crippen molar-refractivity contribution in [2.45, 2.75) is 0 Å². The van der Waals surface area contributed by atoms with Crippen LogP contribution in [0.15, 0.2) is 36.9 Å². The number of rotatable bonds is 2. The highest BCUT2D eigenvalue weighted by molar-refractivity contribution is 7.21. The van der Waals surface area contributed by atoms with Crippen molar-refractivity contribution in [1.82, 2.24) is 15.0 Å². The van der Waals surface area contributed by atoms with Gasteiger partial charge in [-0.25, -0.2) is 15.0 Å². The van der Waals surface area contributed by atoms with Gasteiger partial charge in [0.05, 0.1) is 4.70 Å². The minimum atomic E-state index is 0.651. The molecule has 6 heteroatoms. The fourth-order valence-electron chi connectivity index (χ4n) is 1.48. The topological polar surface area (TPSA) is 51.8 Å². The maximum Gasteiger partial charge on any atom is 0.249 e. The monoisotopic (exact) mass is 245 g/mol. The van der Waals surface area contributed by atoms with E-state index in [1.165, 1.54) is 0 Å². The van der Waals surface area contributed by atoms with Crippen molar-refractivity contribution >= 4 is 21.6 Å². The van der Waals surface area contributed by atoms with E-state index in [1.807, 2.05) is 18.5 Å². The fraction of sp³-hybridized carbons (Fsp3) is 0.0909. The van der Waals surface area contributed by atoms with Crippen molar-refractivity contribution < 1.29 is 9.57 Å². The van der Waals surface area contributed by atoms with Crippen LogP contribution >= 0.6 is 11.3 Å². The van der Waals surface area contributed by atoms with E-state index >= 15 is 0 Å². The second-order valence-corrected chi connectivity index (χ2v) is 4.36. The molecule has 3 rings (SSSR count). The number of fused-ring (bicyclic) bond motifs is 1. The SMILES string of the molecule is CO[n+]1ccc2sc(-c3ncccn3)nc2c1. The van der Waals surface area contributed by atoms with Crippen LogP contribution in [0, 0.1) is 0 Å². The summed E-state index contributed by atoms with van der Waals surface area (Å²) in [6.45, 7) is 0. The maximum atomic E-state index is 5.09. The molecule has 0 aliphatic carbocycles. The second-order valence-electron chi connectivity index (χ2n) is 3.33. The fourth-order valence-corrected chi connectivity index (χ4v) is 2.36. The van der Waals surface area contributed by atoms with E-state index in [9.17, 15) is 0 Å². The minimum absolute atomic E-state index is 0.651. The molecule has 3 aromatic heterocycles. The van der Waals surface area contributed by atoms with E-state index in [-0.39, 0.29) is 0 Å². The van der Waals surface area contributed by atoms with Crippen LogP contribution in [0.2, 0.25) is 0 Å². The van der Waals surface area contributed by atoms with Crippen LogP contribution in [0.3, 0.4) is 0 Å². The van der Waals surface area contributed by atoms with Crippen molar-refractivity contribution in [1.29, 1.82) is 0 Å². The molecule has 0 saturated carbocycles. The Morgan fingerprint density at radius 2 is 2.12 bits per heavy atom. The summed E-state index contributed by atoms with van der Waals surface area (Å²) in [5, 5.41) is 0.814. The number of pyridine rings is 1. The maximum absolute atomic E-state index is 5.09. The van der Waals surface area contributed by atoms with Gasteiger partial charge in [-0.2, -0.15) is 0 Å². The minimum Gasteiger partial charge on any atom is -0.275 e. The lowest BCUT2D eigenvalue weighted by Gasteiger charge is -1.89. The van der Waals surface area contributed by atoms with Gasteiger partial charge >= 0.3 is 0 Å². The molecule has 0 atom stereocenters. The highest BCUT2D eigenvalue weighted by atomic mass is 32.1. The molecule has 0 amide bonds. The van der Waals surface area contributed by atoms with Crippen LogP contribution in [-0.4, -0.2) is 22.1 Å². The predicted octanol–water partition coefficient (Wildman–Crippen LogP) is 1.10. The Morgan fingerprint density at radius 1 is 1.29 bits per heavy atom. The van der Waals surface area contributed by atoms with Gasteiger partial charge < -0.3 is 0 Å². The summed E-state index contributed by atoms with van der Waals surface area (Å²) in [6, 6.07) is 3.75. The highest BCUT2D eigenvalue weighted by Crippen LogP contribution is 2.26. The molecule has 0 saturated heterocycles. The van der Waals surface area contributed by atoms with Crippen molar-refractivity contribution in [3.05, 3.63) is 36.9 Å². The molecule has 0 aliphatic rings. The summed E-state index contributed by atoms with van der Waals surface area (Å²) in [7, 11) is 1.61. The Hall–Kier alpha value is -2.08. The van der Waals surface area contributed by atoms with E-state index in [1.54, 1.807) is 41.6 Å². The Balaban J connectivity index is 2.14. The van der Waals surface area contributed by atoms with E-state index in [0.717, 1.165) is 15.2 Å². The number of hydrogen-bond donors (Lipinski definition) is 0. The standard InChI is InChI=1S/C11H9N4OS/c1-16-15-6-3-9-8(7-15)14-11(17-9)10-12-4-2-5-13-10/h2-7H,1H3/q+1. The van der Waals surface area contributed by atoms with Crippen molar-refractivity contribution in [3.63, 3.8) is 0 Å². The Labute approximate surface area is 101 Å². The summed E-state index contributed by atoms with van der Waals surface area (Å²) in [6.07, 6.45) is 7.10. The number of hydrogen-bond acceptors (Lipinski definition) is 5. The van der Waals surface area contributed by atoms with Crippen molar-refractivity contribution in [3.8, 4) is 10.8 Å². The molecule has 3 aromatic rings. The molecule has 0 spiro atoms. The van der Waals surface area contributed by atoms with Gasteiger partial charge in [-0.1, -0.05) is 0 Å². The summed E-state index contributed by atoms with van der Waals surface area (Å²) in [5.41, 5.74) is 0.877. The van der Waals surface area contributed by atoms with Crippen molar-refractivity contribution in [2.24, 2.45) is 0 Å². The molecule has 0 radical (unpaired) electrons. The first kappa shape index (κ1) is 10.1. The van der Waals surface area contributed by atoms with Gasteiger partial charge in [-0.05, 0) is 6.07 Å². The molecular weight excluding hydrogens is 236 g/mol. The zero-order chi connectivity index (χ0) is 11.7. The number of nitrogens with zero attached hydrogens (tertiary/aromatic N) is 4. The molecule has 0 unspecified atom stereocenters. The van der Waals surface area contributed by atoms with Crippen LogP contribution < -0.4 is 9.57 Å². The summed E-state index contributed by atoms with van der Waals surface area (Å²) in [4.78, 5) is 17.9. The first-order valence-electron chi connectivity index (χ1n) is 5.00. The Kier molecular flexibility index (Phi) is 2.41. The molecule has 0 aromatic carbocycles. The first-order chi connectivity index (χ1) is 8.36. The third-order valence-electron chi connectivity index (χ3n) is 2.27. The summed E-state index contributed by atoms with van der Waals surface area (Å²) in [5.74, 6) is 0.651. The second kappa shape index (κ2) is 4.06. The lowest BCUT2D eigenvalue weighted by molar-refractivity contribution is -0.884. The predicted molar refractivity (Wildman–Crippen MR) is 63.3 cm³/mol. The van der Waals surface area contributed by atoms with Crippen molar-refractivity contribution in [2.75, 3.05) is 7.11 Å². The van der Waals surface area contributed by atoms with Gasteiger partial charge in [-0.15, -0.1) is 11.3 Å². The molecule has 84 valence electrons. The summed E-state index contributed by atoms with van der Waals surface area (Å²) >= 11 is 1.56. The Bertz CT molecular complexity index is 653. The molecule has 0 bridgehead atoms. The first-order valence-corrected chi connectivity index (χ1v) is 5.82. The average Bonchev–Trinajstić information content (AvgIpc) is 2.82. The van der Waals surface area contributed by atoms with E-state index < -0.39 is 0 Å².